The van der Waals surface area contributed by atoms with E-state index in [0.29, 0.717) is 5.92 Å². The summed E-state index contributed by atoms with van der Waals surface area (Å²) in [6.45, 7) is 4.39. The molecule has 0 aromatic carbocycles. The third-order valence-electron chi connectivity index (χ3n) is 2.74. The van der Waals surface area contributed by atoms with Gasteiger partial charge in [-0.1, -0.05) is 13.8 Å². The number of halogens is 1. The highest BCUT2D eigenvalue weighted by atomic mass is 19.1. The molecule has 0 nitrogen and oxygen atoms in total. The maximum Gasteiger partial charge on any atom is 0.0922 e. The second kappa shape index (κ2) is 3.36. The summed E-state index contributed by atoms with van der Waals surface area (Å²) in [5.41, 5.74) is 0. The van der Waals surface area contributed by atoms with Crippen molar-refractivity contribution in [2.45, 2.75) is 33.1 Å². The van der Waals surface area contributed by atoms with Gasteiger partial charge in [-0.3, -0.25) is 4.39 Å². The first-order valence-electron chi connectivity index (χ1n) is 4.30. The molecule has 0 heterocycles. The fourth-order valence-electron chi connectivity index (χ4n) is 1.86. The molecule has 0 N–H and O–H groups in total. The van der Waals surface area contributed by atoms with Crippen LogP contribution in [0.2, 0.25) is 0 Å². The van der Waals surface area contributed by atoms with E-state index in [0.717, 1.165) is 24.7 Å². The zero-order chi connectivity index (χ0) is 7.56. The molecule has 1 heteroatoms. The first-order valence-corrected chi connectivity index (χ1v) is 4.30. The van der Waals surface area contributed by atoms with E-state index in [1.165, 1.54) is 6.42 Å². The van der Waals surface area contributed by atoms with Crippen molar-refractivity contribution in [2.75, 3.05) is 6.67 Å². The summed E-state index contributed by atoms with van der Waals surface area (Å²) < 4.78 is 12.1. The molecule has 1 unspecified atom stereocenters. The van der Waals surface area contributed by atoms with Crippen LogP contribution in [0.4, 0.5) is 4.39 Å². The predicted octanol–water partition coefficient (Wildman–Crippen LogP) is 3.03. The second-order valence-corrected chi connectivity index (χ2v) is 3.84. The van der Waals surface area contributed by atoms with E-state index < -0.39 is 0 Å². The van der Waals surface area contributed by atoms with Crippen molar-refractivity contribution >= 4 is 0 Å². The monoisotopic (exact) mass is 144 g/mol. The maximum atomic E-state index is 12.1. The Bertz CT molecular complexity index is 98.9. The van der Waals surface area contributed by atoms with E-state index in [1.807, 2.05) is 0 Å². The van der Waals surface area contributed by atoms with Crippen molar-refractivity contribution in [2.24, 2.45) is 17.8 Å². The van der Waals surface area contributed by atoms with Gasteiger partial charge in [0.2, 0.25) is 0 Å². The van der Waals surface area contributed by atoms with Crippen molar-refractivity contribution < 1.29 is 4.39 Å². The van der Waals surface area contributed by atoms with Crippen LogP contribution in [0.1, 0.15) is 33.1 Å². The molecule has 0 bridgehead atoms. The Morgan fingerprint density at radius 1 is 1.40 bits per heavy atom. The van der Waals surface area contributed by atoms with Gasteiger partial charge in [-0.05, 0) is 37.0 Å². The Morgan fingerprint density at radius 3 is 2.40 bits per heavy atom. The third-order valence-corrected chi connectivity index (χ3v) is 2.74. The van der Waals surface area contributed by atoms with Crippen LogP contribution in [-0.2, 0) is 0 Å². The minimum atomic E-state index is -0.0940. The zero-order valence-corrected chi connectivity index (χ0v) is 6.94. The SMILES string of the molecule is CC(C)C1CC[C@@H](CF)C1. The summed E-state index contributed by atoms with van der Waals surface area (Å²) >= 11 is 0. The summed E-state index contributed by atoms with van der Waals surface area (Å²) in [6.07, 6.45) is 3.51. The number of rotatable bonds is 2. The van der Waals surface area contributed by atoms with Crippen LogP contribution in [0.5, 0.6) is 0 Å². The van der Waals surface area contributed by atoms with Crippen LogP contribution in [0.3, 0.4) is 0 Å². The van der Waals surface area contributed by atoms with Crippen LogP contribution < -0.4 is 0 Å². The Labute approximate surface area is 62.8 Å². The molecule has 1 fully saturated rings. The molecule has 1 rings (SSSR count). The van der Waals surface area contributed by atoms with Gasteiger partial charge in [0.25, 0.3) is 0 Å². The first-order chi connectivity index (χ1) is 4.74. The van der Waals surface area contributed by atoms with E-state index in [1.54, 1.807) is 0 Å². The van der Waals surface area contributed by atoms with Crippen LogP contribution in [0.15, 0.2) is 0 Å². The Kier molecular flexibility index (Phi) is 2.70. The average molecular weight is 144 g/mol. The number of hydrogen-bond donors (Lipinski definition) is 0. The third kappa shape index (κ3) is 1.71. The molecule has 0 spiro atoms. The molecule has 0 saturated heterocycles. The summed E-state index contributed by atoms with van der Waals surface area (Å²) in [4.78, 5) is 0. The van der Waals surface area contributed by atoms with Gasteiger partial charge in [0.1, 0.15) is 0 Å². The smallest absolute Gasteiger partial charge is 0.0922 e. The molecule has 0 aliphatic heterocycles. The van der Waals surface area contributed by atoms with Gasteiger partial charge < -0.3 is 0 Å². The Hall–Kier alpha value is -0.0700. The summed E-state index contributed by atoms with van der Waals surface area (Å²) in [6, 6.07) is 0. The van der Waals surface area contributed by atoms with Gasteiger partial charge in [-0.25, -0.2) is 0 Å². The van der Waals surface area contributed by atoms with Crippen molar-refractivity contribution in [1.82, 2.24) is 0 Å². The molecule has 1 aliphatic carbocycles. The molecule has 0 radical (unpaired) electrons. The van der Waals surface area contributed by atoms with Gasteiger partial charge in [-0.2, -0.15) is 0 Å². The van der Waals surface area contributed by atoms with Crippen molar-refractivity contribution in [3.8, 4) is 0 Å². The van der Waals surface area contributed by atoms with Gasteiger partial charge in [0.15, 0.2) is 0 Å². The molecule has 1 aliphatic rings. The zero-order valence-electron chi connectivity index (χ0n) is 6.94. The molecule has 60 valence electrons. The Balaban J connectivity index is 2.28. The number of alkyl halides is 1. The maximum absolute atomic E-state index is 12.1. The quantitative estimate of drug-likeness (QED) is 0.559. The molecular formula is C9H17F. The molecule has 10 heavy (non-hydrogen) atoms. The highest BCUT2D eigenvalue weighted by Gasteiger charge is 2.26. The van der Waals surface area contributed by atoms with Gasteiger partial charge >= 0.3 is 0 Å². The van der Waals surface area contributed by atoms with Crippen LogP contribution >= 0.6 is 0 Å². The topological polar surface area (TPSA) is 0 Å². The van der Waals surface area contributed by atoms with Crippen LogP contribution in [0.25, 0.3) is 0 Å². The summed E-state index contributed by atoms with van der Waals surface area (Å²) in [7, 11) is 0. The summed E-state index contributed by atoms with van der Waals surface area (Å²) in [5, 5.41) is 0. The fraction of sp³-hybridized carbons (Fsp3) is 1.00. The number of hydrogen-bond acceptors (Lipinski definition) is 0. The summed E-state index contributed by atoms with van der Waals surface area (Å²) in [5.74, 6) is 1.96. The molecule has 0 aromatic heterocycles. The van der Waals surface area contributed by atoms with E-state index >= 15 is 0 Å². The predicted molar refractivity (Wildman–Crippen MR) is 41.6 cm³/mol. The van der Waals surface area contributed by atoms with Gasteiger partial charge in [0.05, 0.1) is 6.67 Å². The molecule has 0 amide bonds. The molecule has 2 atom stereocenters. The lowest BCUT2D eigenvalue weighted by Gasteiger charge is -2.12. The highest BCUT2D eigenvalue weighted by Crippen LogP contribution is 2.35. The van der Waals surface area contributed by atoms with E-state index in [2.05, 4.69) is 13.8 Å². The van der Waals surface area contributed by atoms with Gasteiger partial charge in [-0.15, -0.1) is 0 Å². The highest BCUT2D eigenvalue weighted by molar-refractivity contribution is 4.76. The molecule has 1 saturated carbocycles. The fourth-order valence-corrected chi connectivity index (χ4v) is 1.86. The first kappa shape index (κ1) is 8.03. The van der Waals surface area contributed by atoms with Crippen LogP contribution in [0, 0.1) is 17.8 Å². The lowest BCUT2D eigenvalue weighted by atomic mass is 9.94. The van der Waals surface area contributed by atoms with E-state index in [9.17, 15) is 4.39 Å². The van der Waals surface area contributed by atoms with Crippen molar-refractivity contribution in [1.29, 1.82) is 0 Å². The largest absolute Gasteiger partial charge is 0.251 e. The molecule has 0 aromatic rings. The molecular weight excluding hydrogens is 127 g/mol. The standard InChI is InChI=1S/C9H17F/c1-7(2)9-4-3-8(5-9)6-10/h7-9H,3-6H2,1-2H3/t8-,9?/m1/s1. The van der Waals surface area contributed by atoms with Crippen LogP contribution in [-0.4, -0.2) is 6.67 Å². The van der Waals surface area contributed by atoms with E-state index in [-0.39, 0.29) is 6.67 Å². The average Bonchev–Trinajstić information content (AvgIpc) is 2.34. The lowest BCUT2D eigenvalue weighted by Crippen LogP contribution is -2.04. The minimum Gasteiger partial charge on any atom is -0.251 e. The normalized spacial score (nSPS) is 33.6. The second-order valence-electron chi connectivity index (χ2n) is 3.84. The lowest BCUT2D eigenvalue weighted by molar-refractivity contribution is 0.332. The van der Waals surface area contributed by atoms with Crippen molar-refractivity contribution in [3.63, 3.8) is 0 Å². The minimum absolute atomic E-state index is 0.0940. The van der Waals surface area contributed by atoms with Gasteiger partial charge in [0, 0.05) is 0 Å². The Morgan fingerprint density at radius 2 is 2.10 bits per heavy atom. The van der Waals surface area contributed by atoms with Crippen molar-refractivity contribution in [3.05, 3.63) is 0 Å². The van der Waals surface area contributed by atoms with E-state index in [4.69, 9.17) is 0 Å².